The van der Waals surface area contributed by atoms with E-state index in [0.29, 0.717) is 64.0 Å². The molecule has 2 aliphatic heterocycles. The number of ether oxygens (including phenoxy) is 2. The molecule has 0 aromatic heterocycles. The summed E-state index contributed by atoms with van der Waals surface area (Å²) < 4.78 is 76.7. The standard InChI is InChI=1S/C23H28F3N3O4S/c24-23(25,26)19-2-1-3-20(18-19)28-10-8-27(9-11-28)12-17-33-21-4-6-22(7-5-21)34(30,31)29-13-15-32-16-14-29/h1-7,18H,8-17H2. The summed E-state index contributed by atoms with van der Waals surface area (Å²) in [5, 5.41) is 0. The first-order valence-electron chi connectivity index (χ1n) is 11.2. The van der Waals surface area contributed by atoms with Crippen LogP contribution >= 0.6 is 0 Å². The monoisotopic (exact) mass is 499 g/mol. The molecule has 34 heavy (non-hydrogen) atoms. The zero-order valence-electron chi connectivity index (χ0n) is 18.7. The van der Waals surface area contributed by atoms with E-state index in [2.05, 4.69) is 4.90 Å². The van der Waals surface area contributed by atoms with Crippen molar-refractivity contribution in [3.63, 3.8) is 0 Å². The summed E-state index contributed by atoms with van der Waals surface area (Å²) in [6.07, 6.45) is -4.35. The molecule has 0 bridgehead atoms. The number of rotatable bonds is 7. The Morgan fingerprint density at radius 3 is 2.24 bits per heavy atom. The molecule has 0 N–H and O–H groups in total. The number of hydrogen-bond acceptors (Lipinski definition) is 6. The molecule has 7 nitrogen and oxygen atoms in total. The Hall–Kier alpha value is -2.34. The van der Waals surface area contributed by atoms with Gasteiger partial charge in [0, 0.05) is 51.5 Å². The fourth-order valence-electron chi connectivity index (χ4n) is 4.05. The molecule has 0 radical (unpaired) electrons. The first-order valence-corrected chi connectivity index (χ1v) is 12.6. The highest BCUT2D eigenvalue weighted by molar-refractivity contribution is 7.89. The van der Waals surface area contributed by atoms with Crippen molar-refractivity contribution in [2.24, 2.45) is 0 Å². The van der Waals surface area contributed by atoms with Crippen LogP contribution in [0.3, 0.4) is 0 Å². The average Bonchev–Trinajstić information content (AvgIpc) is 2.85. The van der Waals surface area contributed by atoms with Gasteiger partial charge in [0.25, 0.3) is 0 Å². The molecular weight excluding hydrogens is 471 g/mol. The van der Waals surface area contributed by atoms with Gasteiger partial charge in [0.05, 0.1) is 23.7 Å². The van der Waals surface area contributed by atoms with Crippen LogP contribution in [0.1, 0.15) is 5.56 Å². The molecule has 0 aliphatic carbocycles. The minimum absolute atomic E-state index is 0.229. The molecule has 2 fully saturated rings. The first-order chi connectivity index (χ1) is 16.2. The number of nitrogens with zero attached hydrogens (tertiary/aromatic N) is 3. The highest BCUT2D eigenvalue weighted by Crippen LogP contribution is 2.32. The maximum Gasteiger partial charge on any atom is 0.416 e. The third kappa shape index (κ3) is 6.01. The maximum atomic E-state index is 13.0. The van der Waals surface area contributed by atoms with E-state index < -0.39 is 21.8 Å². The van der Waals surface area contributed by atoms with E-state index in [1.807, 2.05) is 4.90 Å². The zero-order chi connectivity index (χ0) is 24.2. The molecule has 2 aromatic rings. The molecule has 0 amide bonds. The van der Waals surface area contributed by atoms with E-state index >= 15 is 0 Å². The predicted molar refractivity (Wildman–Crippen MR) is 122 cm³/mol. The number of morpholine rings is 1. The summed E-state index contributed by atoms with van der Waals surface area (Å²) in [5.41, 5.74) is -0.0533. The minimum atomic E-state index is -4.35. The molecule has 4 rings (SSSR count). The summed E-state index contributed by atoms with van der Waals surface area (Å²) in [7, 11) is -3.53. The van der Waals surface area contributed by atoms with Gasteiger partial charge in [-0.15, -0.1) is 0 Å². The van der Waals surface area contributed by atoms with Crippen molar-refractivity contribution in [3.05, 3.63) is 54.1 Å². The van der Waals surface area contributed by atoms with Gasteiger partial charge in [-0.1, -0.05) is 6.07 Å². The number of sulfonamides is 1. The number of piperazine rings is 1. The van der Waals surface area contributed by atoms with Gasteiger partial charge in [0.2, 0.25) is 10.0 Å². The second-order valence-corrected chi connectivity index (χ2v) is 10.2. The van der Waals surface area contributed by atoms with Crippen molar-refractivity contribution in [2.45, 2.75) is 11.1 Å². The van der Waals surface area contributed by atoms with Crippen LogP contribution in [0, 0.1) is 0 Å². The molecule has 0 saturated carbocycles. The lowest BCUT2D eigenvalue weighted by molar-refractivity contribution is -0.137. The fourth-order valence-corrected chi connectivity index (χ4v) is 5.45. The predicted octanol–water partition coefficient (Wildman–Crippen LogP) is 2.93. The number of anilines is 1. The van der Waals surface area contributed by atoms with Gasteiger partial charge < -0.3 is 14.4 Å². The van der Waals surface area contributed by atoms with Crippen LogP contribution in [0.25, 0.3) is 0 Å². The van der Waals surface area contributed by atoms with Gasteiger partial charge in [0.1, 0.15) is 12.4 Å². The highest BCUT2D eigenvalue weighted by Gasteiger charge is 2.31. The molecular formula is C23H28F3N3O4S. The molecule has 0 spiro atoms. The topological polar surface area (TPSA) is 62.3 Å². The van der Waals surface area contributed by atoms with Crippen molar-refractivity contribution >= 4 is 15.7 Å². The SMILES string of the molecule is O=S(=O)(c1ccc(OCCN2CCN(c3cccc(C(F)(F)F)c3)CC2)cc1)N1CCOCC1. The van der Waals surface area contributed by atoms with Gasteiger partial charge in [-0.2, -0.15) is 17.5 Å². The molecule has 2 aromatic carbocycles. The normalized spacial score (nSPS) is 18.7. The second kappa shape index (κ2) is 10.5. The quantitative estimate of drug-likeness (QED) is 0.584. The lowest BCUT2D eigenvalue weighted by Crippen LogP contribution is -2.47. The average molecular weight is 500 g/mol. The Balaban J connectivity index is 1.23. The molecule has 2 aliphatic rings. The lowest BCUT2D eigenvalue weighted by Gasteiger charge is -2.36. The Morgan fingerprint density at radius 2 is 1.59 bits per heavy atom. The van der Waals surface area contributed by atoms with Gasteiger partial charge in [-0.3, -0.25) is 4.90 Å². The number of alkyl halides is 3. The summed E-state index contributed by atoms with van der Waals surface area (Å²) in [6.45, 7) is 5.30. The van der Waals surface area contributed by atoms with E-state index in [-0.39, 0.29) is 4.90 Å². The molecule has 186 valence electrons. The van der Waals surface area contributed by atoms with Crippen LogP contribution in [0.4, 0.5) is 18.9 Å². The van der Waals surface area contributed by atoms with Crippen molar-refractivity contribution in [1.29, 1.82) is 0 Å². The zero-order valence-corrected chi connectivity index (χ0v) is 19.5. The summed E-state index contributed by atoms with van der Waals surface area (Å²) in [5.74, 6) is 0.587. The smallest absolute Gasteiger partial charge is 0.416 e. The van der Waals surface area contributed by atoms with Gasteiger partial charge >= 0.3 is 6.18 Å². The lowest BCUT2D eigenvalue weighted by atomic mass is 10.1. The van der Waals surface area contributed by atoms with E-state index in [4.69, 9.17) is 9.47 Å². The molecule has 0 unspecified atom stereocenters. The van der Waals surface area contributed by atoms with Crippen LogP contribution in [0.2, 0.25) is 0 Å². The van der Waals surface area contributed by atoms with Crippen molar-refractivity contribution < 1.29 is 31.1 Å². The van der Waals surface area contributed by atoms with Crippen LogP contribution in [0.15, 0.2) is 53.4 Å². The first kappa shape index (κ1) is 24.8. The van der Waals surface area contributed by atoms with Gasteiger partial charge in [0.15, 0.2) is 0 Å². The Bertz CT molecular complexity index is 1050. The summed E-state index contributed by atoms with van der Waals surface area (Å²) in [6, 6.07) is 11.8. The van der Waals surface area contributed by atoms with Gasteiger partial charge in [-0.05, 0) is 42.5 Å². The van der Waals surface area contributed by atoms with Crippen molar-refractivity contribution in [2.75, 3.05) is 70.5 Å². The highest BCUT2D eigenvalue weighted by atomic mass is 32.2. The van der Waals surface area contributed by atoms with Crippen LogP contribution in [-0.4, -0.2) is 83.3 Å². The summed E-state index contributed by atoms with van der Waals surface area (Å²) in [4.78, 5) is 4.38. The number of hydrogen-bond donors (Lipinski definition) is 0. The second-order valence-electron chi connectivity index (χ2n) is 8.21. The summed E-state index contributed by atoms with van der Waals surface area (Å²) >= 11 is 0. The van der Waals surface area contributed by atoms with Crippen molar-refractivity contribution in [1.82, 2.24) is 9.21 Å². The van der Waals surface area contributed by atoms with E-state index in [0.717, 1.165) is 19.2 Å². The molecule has 11 heteroatoms. The number of halogens is 3. The Morgan fingerprint density at radius 1 is 0.912 bits per heavy atom. The van der Waals surface area contributed by atoms with E-state index in [9.17, 15) is 21.6 Å². The number of benzene rings is 2. The maximum absolute atomic E-state index is 13.0. The molecule has 2 heterocycles. The fraction of sp³-hybridized carbons (Fsp3) is 0.478. The Labute approximate surface area is 197 Å². The third-order valence-corrected chi connectivity index (χ3v) is 7.93. The largest absolute Gasteiger partial charge is 0.492 e. The molecule has 2 saturated heterocycles. The Kier molecular flexibility index (Phi) is 7.66. The minimum Gasteiger partial charge on any atom is -0.492 e. The van der Waals surface area contributed by atoms with Crippen molar-refractivity contribution in [3.8, 4) is 5.75 Å². The molecule has 0 atom stereocenters. The van der Waals surface area contributed by atoms with Crippen LogP contribution < -0.4 is 9.64 Å². The van der Waals surface area contributed by atoms with E-state index in [1.54, 1.807) is 30.3 Å². The van der Waals surface area contributed by atoms with Gasteiger partial charge in [-0.25, -0.2) is 8.42 Å². The van der Waals surface area contributed by atoms with Crippen LogP contribution in [0.5, 0.6) is 5.75 Å². The van der Waals surface area contributed by atoms with E-state index in [1.165, 1.54) is 16.4 Å². The third-order valence-electron chi connectivity index (χ3n) is 6.02. The van der Waals surface area contributed by atoms with Crippen LogP contribution in [-0.2, 0) is 20.9 Å².